The number of sulfonamides is 1. The number of likely N-dealkylation sites (N-methyl/N-ethyl adjacent to an activating group) is 1. The maximum atomic E-state index is 13.4. The Kier molecular flexibility index (Phi) is 6.01. The van der Waals surface area contributed by atoms with Crippen molar-refractivity contribution in [3.8, 4) is 0 Å². The fourth-order valence-electron chi connectivity index (χ4n) is 4.89. The van der Waals surface area contributed by atoms with Gasteiger partial charge in [-0.05, 0) is 51.2 Å². The summed E-state index contributed by atoms with van der Waals surface area (Å²) >= 11 is 0. The Morgan fingerprint density at radius 2 is 1.78 bits per heavy atom. The van der Waals surface area contributed by atoms with Crippen molar-refractivity contribution in [2.45, 2.75) is 30.8 Å². The van der Waals surface area contributed by atoms with Crippen LogP contribution in [0.5, 0.6) is 0 Å². The zero-order valence-electron chi connectivity index (χ0n) is 20.7. The first-order valence-corrected chi connectivity index (χ1v) is 13.3. The van der Waals surface area contributed by atoms with E-state index in [1.54, 1.807) is 36.4 Å². The lowest BCUT2D eigenvalue weighted by atomic mass is 10.0. The molecule has 0 unspecified atom stereocenters. The van der Waals surface area contributed by atoms with Gasteiger partial charge in [-0.25, -0.2) is 8.42 Å². The van der Waals surface area contributed by atoms with E-state index in [-0.39, 0.29) is 11.4 Å². The number of aromatic amines is 1. The van der Waals surface area contributed by atoms with E-state index in [1.165, 1.54) is 4.31 Å². The average molecular weight is 510 g/mol. The van der Waals surface area contributed by atoms with E-state index in [0.29, 0.717) is 28.3 Å². The van der Waals surface area contributed by atoms with Gasteiger partial charge in [-0.1, -0.05) is 18.2 Å². The molecule has 0 bridgehead atoms. The molecule has 2 aliphatic heterocycles. The quantitative estimate of drug-likeness (QED) is 0.451. The molecule has 4 N–H and O–H groups in total. The van der Waals surface area contributed by atoms with E-state index in [4.69, 9.17) is 5.73 Å². The van der Waals surface area contributed by atoms with E-state index in [9.17, 15) is 13.2 Å². The van der Waals surface area contributed by atoms with Gasteiger partial charge < -0.3 is 20.9 Å². The Morgan fingerprint density at radius 3 is 2.44 bits per heavy atom. The molecule has 190 valence electrons. The largest absolute Gasteiger partial charge is 0.398 e. The molecule has 0 aliphatic carbocycles. The van der Waals surface area contributed by atoms with Crippen LogP contribution in [0.1, 0.15) is 35.5 Å². The van der Waals surface area contributed by atoms with Crippen LogP contribution in [0.2, 0.25) is 0 Å². The third-order valence-corrected chi connectivity index (χ3v) is 9.15. The van der Waals surface area contributed by atoms with Crippen molar-refractivity contribution in [2.75, 3.05) is 49.2 Å². The molecule has 0 spiro atoms. The molecule has 0 saturated carbocycles. The third kappa shape index (κ3) is 4.12. The Labute approximate surface area is 211 Å². The molecule has 0 radical (unpaired) electrons. The number of nitrogens with two attached hydrogens (primary N) is 1. The highest BCUT2D eigenvalue weighted by Crippen LogP contribution is 2.43. The highest BCUT2D eigenvalue weighted by Gasteiger charge is 2.47. The van der Waals surface area contributed by atoms with E-state index < -0.39 is 21.5 Å². The average Bonchev–Trinajstić information content (AvgIpc) is 3.38. The maximum Gasteiger partial charge on any atom is 0.258 e. The summed E-state index contributed by atoms with van der Waals surface area (Å²) < 4.78 is 28.2. The van der Waals surface area contributed by atoms with Crippen LogP contribution in [0.15, 0.2) is 53.4 Å². The third-order valence-electron chi connectivity index (χ3n) is 7.12. The van der Waals surface area contributed by atoms with Gasteiger partial charge in [-0.2, -0.15) is 9.40 Å². The van der Waals surface area contributed by atoms with Gasteiger partial charge >= 0.3 is 0 Å². The monoisotopic (exact) mass is 509 g/mol. The SMILES string of the molecule is CN1CCN(c2ccc(C(=O)Nc3n[nH]c4c3CN(S(=O)(=O)c3ccccc3)C4(C)C)c(N)c2)CC1. The minimum absolute atomic E-state index is 0.0868. The number of carbonyl (C=O) groups excluding carboxylic acids is 1. The van der Waals surface area contributed by atoms with Crippen LogP contribution in [0.3, 0.4) is 0 Å². The number of aromatic nitrogens is 2. The van der Waals surface area contributed by atoms with Crippen molar-refractivity contribution >= 4 is 33.1 Å². The Hall–Kier alpha value is -3.41. The number of H-pyrrole nitrogens is 1. The molecule has 5 rings (SSSR count). The fourth-order valence-corrected chi connectivity index (χ4v) is 6.64. The van der Waals surface area contributed by atoms with Crippen LogP contribution < -0.4 is 16.0 Å². The number of carbonyl (C=O) groups is 1. The van der Waals surface area contributed by atoms with Crippen molar-refractivity contribution in [3.05, 3.63) is 65.4 Å². The first-order valence-electron chi connectivity index (χ1n) is 11.9. The Bertz CT molecular complexity index is 1390. The van der Waals surface area contributed by atoms with Gasteiger partial charge in [-0.3, -0.25) is 9.89 Å². The fraction of sp³-hybridized carbons (Fsp3) is 0.360. The second-order valence-electron chi connectivity index (χ2n) is 9.83. The summed E-state index contributed by atoms with van der Waals surface area (Å²) in [6, 6.07) is 13.8. The first kappa shape index (κ1) is 24.3. The summed E-state index contributed by atoms with van der Waals surface area (Å²) in [6.07, 6.45) is 0. The van der Waals surface area contributed by atoms with Gasteiger partial charge in [0.2, 0.25) is 10.0 Å². The molecule has 3 aromatic rings. The van der Waals surface area contributed by atoms with Crippen LogP contribution in [-0.4, -0.2) is 67.0 Å². The summed E-state index contributed by atoms with van der Waals surface area (Å²) in [7, 11) is -1.66. The number of piperazine rings is 1. The van der Waals surface area contributed by atoms with E-state index in [1.807, 2.05) is 26.0 Å². The highest BCUT2D eigenvalue weighted by molar-refractivity contribution is 7.89. The normalized spacial score (nSPS) is 18.2. The lowest BCUT2D eigenvalue weighted by molar-refractivity contribution is 0.102. The minimum Gasteiger partial charge on any atom is -0.398 e. The van der Waals surface area contributed by atoms with Gasteiger partial charge in [0.25, 0.3) is 5.91 Å². The Balaban J connectivity index is 1.36. The summed E-state index contributed by atoms with van der Waals surface area (Å²) in [5, 5.41) is 10.1. The minimum atomic E-state index is -3.76. The predicted molar refractivity (Wildman–Crippen MR) is 139 cm³/mol. The smallest absolute Gasteiger partial charge is 0.258 e. The van der Waals surface area contributed by atoms with E-state index in [0.717, 1.165) is 31.9 Å². The molecule has 1 aromatic heterocycles. The van der Waals surface area contributed by atoms with Gasteiger partial charge in [0.1, 0.15) is 0 Å². The highest BCUT2D eigenvalue weighted by atomic mass is 32.2. The number of benzene rings is 2. The van der Waals surface area contributed by atoms with Gasteiger partial charge in [0, 0.05) is 49.7 Å². The summed E-state index contributed by atoms with van der Waals surface area (Å²) in [6.45, 7) is 7.47. The number of nitrogen functional groups attached to an aromatic ring is 1. The summed E-state index contributed by atoms with van der Waals surface area (Å²) in [4.78, 5) is 17.9. The molecule has 2 aliphatic rings. The summed E-state index contributed by atoms with van der Waals surface area (Å²) in [5.74, 6) is -0.0923. The lowest BCUT2D eigenvalue weighted by Crippen LogP contribution is -2.44. The number of hydrogen-bond donors (Lipinski definition) is 3. The molecule has 1 amide bonds. The molecular weight excluding hydrogens is 478 g/mol. The number of hydrogen-bond acceptors (Lipinski definition) is 7. The van der Waals surface area contributed by atoms with Crippen LogP contribution >= 0.6 is 0 Å². The van der Waals surface area contributed by atoms with Crippen molar-refractivity contribution in [1.29, 1.82) is 0 Å². The number of rotatable bonds is 5. The number of amides is 1. The van der Waals surface area contributed by atoms with Crippen LogP contribution in [0, 0.1) is 0 Å². The molecule has 2 aromatic carbocycles. The van der Waals surface area contributed by atoms with Crippen molar-refractivity contribution in [3.63, 3.8) is 0 Å². The number of fused-ring (bicyclic) bond motifs is 1. The van der Waals surface area contributed by atoms with Crippen LogP contribution in [-0.2, 0) is 22.1 Å². The van der Waals surface area contributed by atoms with E-state index >= 15 is 0 Å². The van der Waals surface area contributed by atoms with Gasteiger partial charge in [0.05, 0.1) is 21.7 Å². The number of nitrogens with zero attached hydrogens (tertiary/aromatic N) is 4. The van der Waals surface area contributed by atoms with Crippen molar-refractivity contribution in [1.82, 2.24) is 19.4 Å². The van der Waals surface area contributed by atoms with Crippen molar-refractivity contribution in [2.24, 2.45) is 0 Å². The zero-order chi connectivity index (χ0) is 25.7. The standard InChI is InChI=1S/C25H31N7O3S/c1-25(2)22-20(16-32(25)36(34,35)18-7-5-4-6-8-18)23(29-28-22)27-24(33)19-10-9-17(15-21(19)26)31-13-11-30(3)12-14-31/h4-10,15H,11-14,16,26H2,1-3H3,(H2,27,28,29,33). The van der Waals surface area contributed by atoms with Gasteiger partial charge in [-0.15, -0.1) is 0 Å². The molecule has 1 saturated heterocycles. The second-order valence-corrected chi connectivity index (χ2v) is 11.7. The molecule has 1 fully saturated rings. The number of anilines is 3. The molecule has 10 nitrogen and oxygen atoms in total. The molecule has 0 atom stereocenters. The second kappa shape index (κ2) is 8.91. The zero-order valence-corrected chi connectivity index (χ0v) is 21.5. The van der Waals surface area contributed by atoms with Crippen LogP contribution in [0.25, 0.3) is 0 Å². The molecular formula is C25H31N7O3S. The Morgan fingerprint density at radius 1 is 1.08 bits per heavy atom. The first-order chi connectivity index (χ1) is 17.1. The van der Waals surface area contributed by atoms with E-state index in [2.05, 4.69) is 32.4 Å². The van der Waals surface area contributed by atoms with Crippen LogP contribution in [0.4, 0.5) is 17.2 Å². The predicted octanol–water partition coefficient (Wildman–Crippen LogP) is 2.44. The molecule has 36 heavy (non-hydrogen) atoms. The lowest BCUT2D eigenvalue weighted by Gasteiger charge is -2.34. The molecule has 11 heteroatoms. The molecule has 3 heterocycles. The van der Waals surface area contributed by atoms with Crippen molar-refractivity contribution < 1.29 is 13.2 Å². The summed E-state index contributed by atoms with van der Waals surface area (Å²) in [5.41, 5.74) is 8.40. The maximum absolute atomic E-state index is 13.4. The topological polar surface area (TPSA) is 128 Å². The van der Waals surface area contributed by atoms with Gasteiger partial charge in [0.15, 0.2) is 5.82 Å². The number of nitrogens with one attached hydrogen (secondary N) is 2.